The minimum absolute atomic E-state index is 0.133. The number of carbonyl (C=O) groups excluding carboxylic acids is 1. The molecule has 0 radical (unpaired) electrons. The lowest BCUT2D eigenvalue weighted by Crippen LogP contribution is -1.88. The van der Waals surface area contributed by atoms with Gasteiger partial charge in [-0.15, -0.1) is 0 Å². The van der Waals surface area contributed by atoms with Crippen LogP contribution in [-0.4, -0.2) is 18.2 Å². The number of nitriles is 1. The van der Waals surface area contributed by atoms with Crippen molar-refractivity contribution in [1.82, 2.24) is 0 Å². The van der Waals surface area contributed by atoms with Crippen molar-refractivity contribution < 1.29 is 14.6 Å². The average molecular weight is 193 g/mol. The fraction of sp³-hybridized carbons (Fsp3) is 0.200. The van der Waals surface area contributed by atoms with Crippen LogP contribution in [0.5, 0.6) is 5.75 Å². The van der Waals surface area contributed by atoms with Crippen LogP contribution >= 0.6 is 0 Å². The number of hydrogen-bond donors (Lipinski definition) is 1. The van der Waals surface area contributed by atoms with E-state index in [-0.39, 0.29) is 11.7 Å². The van der Waals surface area contributed by atoms with Crippen LogP contribution in [0.3, 0.4) is 0 Å². The average Bonchev–Trinajstić information content (AvgIpc) is 2.18. The molecule has 4 nitrogen and oxygen atoms in total. The second-order valence-electron chi connectivity index (χ2n) is 2.36. The number of methoxy groups -OCH3 is 1. The number of esters is 1. The topological polar surface area (TPSA) is 70.3 Å². The van der Waals surface area contributed by atoms with E-state index in [9.17, 15) is 4.79 Å². The van der Waals surface area contributed by atoms with Crippen LogP contribution in [-0.2, 0) is 9.53 Å². The summed E-state index contributed by atoms with van der Waals surface area (Å²) in [4.78, 5) is 9.59. The Hall–Kier alpha value is -2.02. The standard InChI is InChI=1S/C7H5NO.C3H6O2/c8-5-6-2-1-3-7(9)4-6;1-3(4)5-2/h1-4,9H;1-2H3. The summed E-state index contributed by atoms with van der Waals surface area (Å²) in [5.74, 6) is -0.112. The van der Waals surface area contributed by atoms with Gasteiger partial charge >= 0.3 is 5.97 Å². The molecule has 0 aliphatic carbocycles. The summed E-state index contributed by atoms with van der Waals surface area (Å²) >= 11 is 0. The molecule has 1 rings (SSSR count). The van der Waals surface area contributed by atoms with Crippen LogP contribution in [0.4, 0.5) is 0 Å². The summed E-state index contributed by atoms with van der Waals surface area (Å²) in [6.07, 6.45) is 0. The first-order valence-electron chi connectivity index (χ1n) is 3.84. The van der Waals surface area contributed by atoms with E-state index in [0.717, 1.165) is 0 Å². The molecule has 1 N–H and O–H groups in total. The highest BCUT2D eigenvalue weighted by Gasteiger charge is 1.88. The number of hydrogen-bond acceptors (Lipinski definition) is 4. The summed E-state index contributed by atoms with van der Waals surface area (Å²) in [7, 11) is 1.35. The second kappa shape index (κ2) is 6.49. The molecule has 0 amide bonds. The fourth-order valence-corrected chi connectivity index (χ4v) is 0.575. The Bertz CT molecular complexity index is 341. The summed E-state index contributed by atoms with van der Waals surface area (Å²) in [6, 6.07) is 8.12. The van der Waals surface area contributed by atoms with Gasteiger partial charge in [-0.3, -0.25) is 4.79 Å². The van der Waals surface area contributed by atoms with Crippen molar-refractivity contribution in [3.05, 3.63) is 29.8 Å². The van der Waals surface area contributed by atoms with Crippen molar-refractivity contribution in [3.8, 4) is 11.8 Å². The fourth-order valence-electron chi connectivity index (χ4n) is 0.575. The molecule has 0 saturated carbocycles. The Labute approximate surface area is 82.4 Å². The van der Waals surface area contributed by atoms with E-state index in [0.29, 0.717) is 5.56 Å². The van der Waals surface area contributed by atoms with Gasteiger partial charge < -0.3 is 9.84 Å². The molecule has 74 valence electrons. The van der Waals surface area contributed by atoms with Crippen molar-refractivity contribution >= 4 is 5.97 Å². The van der Waals surface area contributed by atoms with Crippen LogP contribution in [0.1, 0.15) is 12.5 Å². The van der Waals surface area contributed by atoms with Crippen molar-refractivity contribution in [2.75, 3.05) is 7.11 Å². The van der Waals surface area contributed by atoms with Gasteiger partial charge in [-0.1, -0.05) is 6.07 Å². The Morgan fingerprint density at radius 1 is 1.57 bits per heavy atom. The minimum Gasteiger partial charge on any atom is -0.508 e. The van der Waals surface area contributed by atoms with E-state index in [4.69, 9.17) is 10.4 Å². The van der Waals surface area contributed by atoms with E-state index in [1.54, 1.807) is 12.1 Å². The maximum Gasteiger partial charge on any atom is 0.302 e. The lowest BCUT2D eigenvalue weighted by molar-refractivity contribution is -0.137. The molecule has 0 saturated heterocycles. The van der Waals surface area contributed by atoms with E-state index < -0.39 is 0 Å². The lowest BCUT2D eigenvalue weighted by Gasteiger charge is -1.87. The number of carbonyl (C=O) groups is 1. The number of aromatic hydroxyl groups is 1. The normalized spacial score (nSPS) is 7.79. The van der Waals surface area contributed by atoms with Crippen LogP contribution in [0.2, 0.25) is 0 Å². The molecule has 1 aromatic rings. The second-order valence-corrected chi connectivity index (χ2v) is 2.36. The minimum atomic E-state index is -0.245. The quantitative estimate of drug-likeness (QED) is 0.633. The van der Waals surface area contributed by atoms with E-state index in [1.165, 1.54) is 26.2 Å². The number of phenolic OH excluding ortho intramolecular Hbond substituents is 1. The zero-order valence-corrected chi connectivity index (χ0v) is 8.02. The molecule has 0 aliphatic rings. The predicted molar refractivity (Wildman–Crippen MR) is 50.5 cm³/mol. The first kappa shape index (κ1) is 12.0. The maximum absolute atomic E-state index is 9.59. The smallest absolute Gasteiger partial charge is 0.302 e. The molecule has 14 heavy (non-hydrogen) atoms. The largest absolute Gasteiger partial charge is 0.508 e. The number of rotatable bonds is 0. The SMILES string of the molecule is COC(C)=O.N#Cc1cccc(O)c1. The first-order chi connectivity index (χ1) is 6.60. The monoisotopic (exact) mass is 193 g/mol. The summed E-state index contributed by atoms with van der Waals surface area (Å²) in [6.45, 7) is 1.36. The first-order valence-corrected chi connectivity index (χ1v) is 3.84. The van der Waals surface area contributed by atoms with Crippen molar-refractivity contribution in [2.45, 2.75) is 6.92 Å². The molecular weight excluding hydrogens is 182 g/mol. The van der Waals surface area contributed by atoms with E-state index in [1.807, 2.05) is 6.07 Å². The van der Waals surface area contributed by atoms with Gasteiger partial charge in [0, 0.05) is 6.92 Å². The molecule has 1 aromatic carbocycles. The Morgan fingerprint density at radius 3 is 2.43 bits per heavy atom. The van der Waals surface area contributed by atoms with Gasteiger partial charge in [-0.25, -0.2) is 0 Å². The molecule has 0 bridgehead atoms. The molecule has 4 heteroatoms. The Balaban J connectivity index is 0.000000292. The Kier molecular flexibility index (Phi) is 5.55. The highest BCUT2D eigenvalue weighted by molar-refractivity contribution is 5.65. The molecule has 0 unspecified atom stereocenters. The van der Waals surface area contributed by atoms with Crippen molar-refractivity contribution in [2.24, 2.45) is 0 Å². The molecular formula is C10H11NO3. The third-order valence-electron chi connectivity index (χ3n) is 1.26. The van der Waals surface area contributed by atoms with Gasteiger partial charge in [-0.2, -0.15) is 5.26 Å². The Morgan fingerprint density at radius 2 is 2.14 bits per heavy atom. The highest BCUT2D eigenvalue weighted by atomic mass is 16.5. The highest BCUT2D eigenvalue weighted by Crippen LogP contribution is 2.08. The van der Waals surface area contributed by atoms with Gasteiger partial charge in [0.2, 0.25) is 0 Å². The molecule has 0 aromatic heterocycles. The lowest BCUT2D eigenvalue weighted by atomic mass is 10.2. The molecule has 0 fully saturated rings. The predicted octanol–water partition coefficient (Wildman–Crippen LogP) is 1.44. The number of nitrogens with zero attached hydrogens (tertiary/aromatic N) is 1. The van der Waals surface area contributed by atoms with Crippen LogP contribution in [0.25, 0.3) is 0 Å². The summed E-state index contributed by atoms with van der Waals surface area (Å²) in [5, 5.41) is 17.1. The van der Waals surface area contributed by atoms with E-state index in [2.05, 4.69) is 4.74 Å². The van der Waals surface area contributed by atoms with Gasteiger partial charge in [0.25, 0.3) is 0 Å². The van der Waals surface area contributed by atoms with Gasteiger partial charge in [0.15, 0.2) is 0 Å². The zero-order valence-electron chi connectivity index (χ0n) is 8.02. The molecule has 0 spiro atoms. The van der Waals surface area contributed by atoms with Gasteiger partial charge in [0.1, 0.15) is 5.75 Å². The van der Waals surface area contributed by atoms with Crippen LogP contribution < -0.4 is 0 Å². The summed E-state index contributed by atoms with van der Waals surface area (Å²) < 4.78 is 4.11. The van der Waals surface area contributed by atoms with E-state index >= 15 is 0 Å². The zero-order chi connectivity index (χ0) is 11.0. The van der Waals surface area contributed by atoms with Crippen LogP contribution in [0.15, 0.2) is 24.3 Å². The number of ether oxygens (including phenoxy) is 1. The molecule has 0 atom stereocenters. The molecule has 0 heterocycles. The maximum atomic E-state index is 9.59. The molecule has 0 aliphatic heterocycles. The van der Waals surface area contributed by atoms with Crippen molar-refractivity contribution in [1.29, 1.82) is 5.26 Å². The van der Waals surface area contributed by atoms with Gasteiger partial charge in [-0.05, 0) is 18.2 Å². The number of benzene rings is 1. The van der Waals surface area contributed by atoms with Crippen LogP contribution in [0, 0.1) is 11.3 Å². The summed E-state index contributed by atoms with van der Waals surface area (Å²) in [5.41, 5.74) is 0.481. The third-order valence-corrected chi connectivity index (χ3v) is 1.26. The van der Waals surface area contributed by atoms with Gasteiger partial charge in [0.05, 0.1) is 18.7 Å². The van der Waals surface area contributed by atoms with Crippen molar-refractivity contribution in [3.63, 3.8) is 0 Å². The third kappa shape index (κ3) is 5.61. The number of phenols is 1.